The second kappa shape index (κ2) is 6.80. The quantitative estimate of drug-likeness (QED) is 0.441. The van der Waals surface area contributed by atoms with Crippen LogP contribution in [-0.2, 0) is 0 Å². The highest BCUT2D eigenvalue weighted by Gasteiger charge is 2.08. The number of nitro groups is 1. The van der Waals surface area contributed by atoms with Crippen molar-refractivity contribution in [2.75, 3.05) is 44.9 Å². The maximum atomic E-state index is 10.8. The minimum atomic E-state index is -0.383. The fourth-order valence-corrected chi connectivity index (χ4v) is 1.59. The van der Waals surface area contributed by atoms with E-state index in [1.165, 1.54) is 6.07 Å². The van der Waals surface area contributed by atoms with Crippen molar-refractivity contribution in [3.05, 3.63) is 28.3 Å². The molecule has 1 rings (SSSR count). The van der Waals surface area contributed by atoms with E-state index < -0.39 is 0 Å². The predicted molar refractivity (Wildman–Crippen MR) is 74.3 cm³/mol. The fourth-order valence-electron chi connectivity index (χ4n) is 1.59. The van der Waals surface area contributed by atoms with Gasteiger partial charge >= 0.3 is 0 Å². The van der Waals surface area contributed by atoms with Crippen LogP contribution in [0, 0.1) is 10.1 Å². The molecule has 0 spiro atoms. The summed E-state index contributed by atoms with van der Waals surface area (Å²) in [5, 5.41) is 16.9. The molecule has 2 N–H and O–H groups in total. The summed E-state index contributed by atoms with van der Waals surface area (Å²) in [4.78, 5) is 12.5. The molecule has 0 aromatic heterocycles. The summed E-state index contributed by atoms with van der Waals surface area (Å²) in [5.41, 5.74) is 1.60. The molecule has 0 bridgehead atoms. The highest BCUT2D eigenvalue weighted by atomic mass is 16.6. The summed E-state index contributed by atoms with van der Waals surface area (Å²) in [7, 11) is 5.79. The van der Waals surface area contributed by atoms with Gasteiger partial charge in [0.15, 0.2) is 0 Å². The average molecular weight is 252 g/mol. The molecule has 18 heavy (non-hydrogen) atoms. The van der Waals surface area contributed by atoms with Crippen LogP contribution >= 0.6 is 0 Å². The lowest BCUT2D eigenvalue weighted by molar-refractivity contribution is -0.384. The van der Waals surface area contributed by atoms with Gasteiger partial charge in [-0.25, -0.2) is 0 Å². The number of anilines is 2. The molecule has 0 aliphatic rings. The van der Waals surface area contributed by atoms with Crippen molar-refractivity contribution in [1.82, 2.24) is 4.90 Å². The van der Waals surface area contributed by atoms with E-state index in [-0.39, 0.29) is 10.6 Å². The third-order valence-corrected chi connectivity index (χ3v) is 2.53. The van der Waals surface area contributed by atoms with Crippen LogP contribution in [0.4, 0.5) is 17.1 Å². The lowest BCUT2D eigenvalue weighted by atomic mass is 10.2. The Bertz CT molecular complexity index is 407. The third kappa shape index (κ3) is 4.58. The second-order valence-electron chi connectivity index (χ2n) is 4.36. The second-order valence-corrected chi connectivity index (χ2v) is 4.36. The SMILES string of the molecule is CNc1cc(NCCCN(C)C)cc([N+](=O)[O-])c1. The summed E-state index contributed by atoms with van der Waals surface area (Å²) >= 11 is 0. The minimum Gasteiger partial charge on any atom is -0.388 e. The molecule has 0 aliphatic heterocycles. The first-order valence-corrected chi connectivity index (χ1v) is 5.89. The van der Waals surface area contributed by atoms with E-state index in [4.69, 9.17) is 0 Å². The lowest BCUT2D eigenvalue weighted by Crippen LogP contribution is -2.16. The molecule has 0 unspecified atom stereocenters. The van der Waals surface area contributed by atoms with Crippen molar-refractivity contribution >= 4 is 17.1 Å². The first-order valence-electron chi connectivity index (χ1n) is 5.89. The molecule has 0 radical (unpaired) electrons. The number of nitrogens with zero attached hydrogens (tertiary/aromatic N) is 2. The standard InChI is InChI=1S/C12H20N4O2/c1-13-10-7-11(9-12(8-10)16(17)18)14-5-4-6-15(2)3/h7-9,13-14H,4-6H2,1-3H3. The summed E-state index contributed by atoms with van der Waals surface area (Å²) < 4.78 is 0. The van der Waals surface area contributed by atoms with E-state index >= 15 is 0 Å². The zero-order valence-corrected chi connectivity index (χ0v) is 11.1. The Morgan fingerprint density at radius 3 is 2.50 bits per heavy atom. The van der Waals surface area contributed by atoms with E-state index in [0.29, 0.717) is 0 Å². The normalized spacial score (nSPS) is 10.4. The van der Waals surface area contributed by atoms with Gasteiger partial charge in [-0.05, 0) is 33.1 Å². The van der Waals surface area contributed by atoms with Gasteiger partial charge in [0.25, 0.3) is 5.69 Å². The molecule has 0 atom stereocenters. The molecule has 0 fully saturated rings. The molecular weight excluding hydrogens is 232 g/mol. The van der Waals surface area contributed by atoms with Crippen molar-refractivity contribution in [2.45, 2.75) is 6.42 Å². The van der Waals surface area contributed by atoms with E-state index in [1.807, 2.05) is 20.2 Å². The Morgan fingerprint density at radius 2 is 1.94 bits per heavy atom. The molecule has 6 nitrogen and oxygen atoms in total. The van der Waals surface area contributed by atoms with Crippen LogP contribution in [-0.4, -0.2) is 44.1 Å². The lowest BCUT2D eigenvalue weighted by Gasteiger charge is -2.11. The van der Waals surface area contributed by atoms with Crippen LogP contribution in [0.2, 0.25) is 0 Å². The van der Waals surface area contributed by atoms with Crippen LogP contribution in [0.5, 0.6) is 0 Å². The van der Waals surface area contributed by atoms with Crippen LogP contribution in [0.15, 0.2) is 18.2 Å². The van der Waals surface area contributed by atoms with E-state index in [9.17, 15) is 10.1 Å². The number of rotatable bonds is 7. The number of hydrogen-bond acceptors (Lipinski definition) is 5. The van der Waals surface area contributed by atoms with Gasteiger partial charge in [0.2, 0.25) is 0 Å². The predicted octanol–water partition coefficient (Wildman–Crippen LogP) is 2.00. The molecule has 0 saturated heterocycles. The van der Waals surface area contributed by atoms with Crippen molar-refractivity contribution in [2.24, 2.45) is 0 Å². The van der Waals surface area contributed by atoms with E-state index in [2.05, 4.69) is 15.5 Å². The largest absolute Gasteiger partial charge is 0.388 e. The fraction of sp³-hybridized carbons (Fsp3) is 0.500. The Labute approximate surface area is 107 Å². The van der Waals surface area contributed by atoms with Gasteiger partial charge in [0.05, 0.1) is 4.92 Å². The number of hydrogen-bond donors (Lipinski definition) is 2. The zero-order chi connectivity index (χ0) is 13.5. The first-order chi connectivity index (χ1) is 8.52. The van der Waals surface area contributed by atoms with Crippen molar-refractivity contribution in [3.63, 3.8) is 0 Å². The Morgan fingerprint density at radius 1 is 1.28 bits per heavy atom. The molecule has 6 heteroatoms. The highest BCUT2D eigenvalue weighted by Crippen LogP contribution is 2.23. The monoisotopic (exact) mass is 252 g/mol. The smallest absolute Gasteiger partial charge is 0.273 e. The van der Waals surface area contributed by atoms with Gasteiger partial charge in [0.1, 0.15) is 0 Å². The van der Waals surface area contributed by atoms with Crippen LogP contribution < -0.4 is 10.6 Å². The maximum Gasteiger partial charge on any atom is 0.273 e. The van der Waals surface area contributed by atoms with Gasteiger partial charge < -0.3 is 15.5 Å². The number of benzene rings is 1. The maximum absolute atomic E-state index is 10.8. The Kier molecular flexibility index (Phi) is 5.38. The molecule has 100 valence electrons. The first kappa shape index (κ1) is 14.2. The molecule has 0 heterocycles. The van der Waals surface area contributed by atoms with Crippen molar-refractivity contribution in [3.8, 4) is 0 Å². The molecule has 1 aromatic carbocycles. The van der Waals surface area contributed by atoms with Crippen LogP contribution in [0.1, 0.15) is 6.42 Å². The number of non-ortho nitro benzene ring substituents is 1. The highest BCUT2D eigenvalue weighted by molar-refractivity contribution is 5.63. The van der Waals surface area contributed by atoms with Gasteiger partial charge in [-0.15, -0.1) is 0 Å². The molecule has 0 aliphatic carbocycles. The summed E-state index contributed by atoms with van der Waals surface area (Å²) in [5.74, 6) is 0. The average Bonchev–Trinajstić information content (AvgIpc) is 2.34. The van der Waals surface area contributed by atoms with Gasteiger partial charge in [-0.1, -0.05) is 0 Å². The topological polar surface area (TPSA) is 70.4 Å². The third-order valence-electron chi connectivity index (χ3n) is 2.53. The van der Waals surface area contributed by atoms with E-state index in [1.54, 1.807) is 13.1 Å². The van der Waals surface area contributed by atoms with Gasteiger partial charge in [-0.3, -0.25) is 10.1 Å². The number of nitrogens with one attached hydrogen (secondary N) is 2. The zero-order valence-electron chi connectivity index (χ0n) is 11.1. The minimum absolute atomic E-state index is 0.0944. The molecular formula is C12H20N4O2. The summed E-state index contributed by atoms with van der Waals surface area (Å²) in [6.07, 6.45) is 0.991. The van der Waals surface area contributed by atoms with E-state index in [0.717, 1.165) is 30.9 Å². The summed E-state index contributed by atoms with van der Waals surface area (Å²) in [6.45, 7) is 1.78. The van der Waals surface area contributed by atoms with Crippen LogP contribution in [0.3, 0.4) is 0 Å². The van der Waals surface area contributed by atoms with Crippen LogP contribution in [0.25, 0.3) is 0 Å². The number of nitro benzene ring substituents is 1. The summed E-state index contributed by atoms with van der Waals surface area (Å²) in [6, 6.07) is 4.93. The van der Waals surface area contributed by atoms with Crippen molar-refractivity contribution in [1.29, 1.82) is 0 Å². The molecule has 0 saturated carbocycles. The van der Waals surface area contributed by atoms with Crippen molar-refractivity contribution < 1.29 is 4.92 Å². The molecule has 0 amide bonds. The Hall–Kier alpha value is -1.82. The van der Waals surface area contributed by atoms with Gasteiger partial charge in [0, 0.05) is 37.1 Å². The Balaban J connectivity index is 2.64. The molecule has 1 aromatic rings. The van der Waals surface area contributed by atoms with Gasteiger partial charge in [-0.2, -0.15) is 0 Å².